The molecule has 4 nitrogen and oxygen atoms in total. The van der Waals surface area contributed by atoms with Gasteiger partial charge in [-0.1, -0.05) is 6.92 Å². The van der Waals surface area contributed by atoms with Crippen LogP contribution in [-0.4, -0.2) is 25.3 Å². The maximum atomic E-state index is 14.1. The van der Waals surface area contributed by atoms with Crippen LogP contribution in [0.2, 0.25) is 0 Å². The number of anilines is 1. The van der Waals surface area contributed by atoms with Crippen LogP contribution in [0.1, 0.15) is 26.2 Å². The predicted octanol–water partition coefficient (Wildman–Crippen LogP) is 2.73. The SMILES string of the molecule is CCCN(C1CC1)S(=O)(=O)c1cc(N)cc(Br)c1F. The Kier molecular flexibility index (Phi) is 4.17. The Morgan fingerprint density at radius 1 is 1.47 bits per heavy atom. The Bertz CT molecular complexity index is 588. The summed E-state index contributed by atoms with van der Waals surface area (Å²) in [5, 5.41) is 0. The van der Waals surface area contributed by atoms with Crippen LogP contribution >= 0.6 is 15.9 Å². The first kappa shape index (κ1) is 14.7. The highest BCUT2D eigenvalue weighted by atomic mass is 79.9. The van der Waals surface area contributed by atoms with Crippen molar-refractivity contribution in [2.24, 2.45) is 0 Å². The number of nitrogen functional groups attached to an aromatic ring is 1. The van der Waals surface area contributed by atoms with Crippen LogP contribution in [-0.2, 0) is 10.0 Å². The molecule has 0 heterocycles. The van der Waals surface area contributed by atoms with Gasteiger partial charge in [0.1, 0.15) is 4.90 Å². The fourth-order valence-electron chi connectivity index (χ4n) is 1.98. The third-order valence-corrected chi connectivity index (χ3v) is 5.53. The predicted molar refractivity (Wildman–Crippen MR) is 75.7 cm³/mol. The summed E-state index contributed by atoms with van der Waals surface area (Å²) in [6.45, 7) is 2.30. The number of sulfonamides is 1. The lowest BCUT2D eigenvalue weighted by molar-refractivity contribution is 0.400. The average Bonchev–Trinajstić information content (AvgIpc) is 3.14. The second kappa shape index (κ2) is 5.38. The first-order chi connectivity index (χ1) is 8.87. The zero-order valence-corrected chi connectivity index (χ0v) is 13.0. The summed E-state index contributed by atoms with van der Waals surface area (Å²) in [6, 6.07) is 2.54. The molecule has 2 N–H and O–H groups in total. The quantitative estimate of drug-likeness (QED) is 0.830. The minimum Gasteiger partial charge on any atom is -0.399 e. The maximum Gasteiger partial charge on any atom is 0.246 e. The molecular weight excluding hydrogens is 335 g/mol. The molecule has 106 valence electrons. The van der Waals surface area contributed by atoms with Crippen molar-refractivity contribution >= 4 is 31.6 Å². The van der Waals surface area contributed by atoms with Gasteiger partial charge in [0.25, 0.3) is 0 Å². The third kappa shape index (κ3) is 2.93. The van der Waals surface area contributed by atoms with Gasteiger partial charge in [0.15, 0.2) is 5.82 Å². The summed E-state index contributed by atoms with van der Waals surface area (Å²) in [7, 11) is -3.83. The molecule has 0 aromatic heterocycles. The van der Waals surface area contributed by atoms with Crippen molar-refractivity contribution in [1.29, 1.82) is 0 Å². The van der Waals surface area contributed by atoms with Gasteiger partial charge >= 0.3 is 0 Å². The Hall–Kier alpha value is -0.660. The van der Waals surface area contributed by atoms with E-state index in [9.17, 15) is 12.8 Å². The molecule has 1 aromatic rings. The van der Waals surface area contributed by atoms with E-state index in [0.29, 0.717) is 13.0 Å². The van der Waals surface area contributed by atoms with Crippen LogP contribution in [0.4, 0.5) is 10.1 Å². The van der Waals surface area contributed by atoms with Crippen LogP contribution < -0.4 is 5.73 Å². The van der Waals surface area contributed by atoms with Gasteiger partial charge in [0.05, 0.1) is 4.47 Å². The van der Waals surface area contributed by atoms with Crippen LogP contribution in [0.5, 0.6) is 0 Å². The average molecular weight is 351 g/mol. The number of nitrogens with two attached hydrogens (primary N) is 1. The Morgan fingerprint density at radius 3 is 2.63 bits per heavy atom. The molecule has 0 atom stereocenters. The number of hydrogen-bond donors (Lipinski definition) is 1. The van der Waals surface area contributed by atoms with E-state index in [1.807, 2.05) is 6.92 Å². The number of rotatable bonds is 5. The van der Waals surface area contributed by atoms with E-state index in [2.05, 4.69) is 15.9 Å². The monoisotopic (exact) mass is 350 g/mol. The van der Waals surface area contributed by atoms with E-state index < -0.39 is 15.8 Å². The largest absolute Gasteiger partial charge is 0.399 e. The molecule has 1 fully saturated rings. The summed E-state index contributed by atoms with van der Waals surface area (Å²) in [5.41, 5.74) is 5.83. The van der Waals surface area contributed by atoms with Crippen molar-refractivity contribution < 1.29 is 12.8 Å². The van der Waals surface area contributed by atoms with Gasteiger partial charge in [-0.2, -0.15) is 4.31 Å². The summed E-state index contributed by atoms with van der Waals surface area (Å²) in [6.07, 6.45) is 2.37. The normalized spacial score (nSPS) is 16.0. The first-order valence-corrected chi connectivity index (χ1v) is 8.37. The smallest absolute Gasteiger partial charge is 0.246 e. The Labute approximate surface area is 121 Å². The lowest BCUT2D eigenvalue weighted by Gasteiger charge is -2.22. The molecule has 1 saturated carbocycles. The minimum absolute atomic E-state index is 0.00422. The zero-order chi connectivity index (χ0) is 14.2. The highest BCUT2D eigenvalue weighted by Crippen LogP contribution is 2.35. The third-order valence-electron chi connectivity index (χ3n) is 3.00. The first-order valence-electron chi connectivity index (χ1n) is 6.14. The second-order valence-corrected chi connectivity index (χ2v) is 7.38. The van der Waals surface area contributed by atoms with Crippen molar-refractivity contribution in [2.75, 3.05) is 12.3 Å². The van der Waals surface area contributed by atoms with Crippen molar-refractivity contribution in [1.82, 2.24) is 4.31 Å². The molecule has 7 heteroatoms. The van der Waals surface area contributed by atoms with E-state index in [4.69, 9.17) is 5.73 Å². The van der Waals surface area contributed by atoms with Gasteiger partial charge < -0.3 is 5.73 Å². The molecule has 0 radical (unpaired) electrons. The van der Waals surface area contributed by atoms with Crippen molar-refractivity contribution in [3.63, 3.8) is 0 Å². The highest BCUT2D eigenvalue weighted by molar-refractivity contribution is 9.10. The van der Waals surface area contributed by atoms with E-state index >= 15 is 0 Å². The number of halogens is 2. The Morgan fingerprint density at radius 2 is 2.11 bits per heavy atom. The summed E-state index contributed by atoms with van der Waals surface area (Å²) >= 11 is 2.99. The van der Waals surface area contributed by atoms with Crippen LogP contribution in [0.25, 0.3) is 0 Å². The van der Waals surface area contributed by atoms with Gasteiger partial charge in [0, 0.05) is 18.3 Å². The lowest BCUT2D eigenvalue weighted by atomic mass is 10.3. The molecule has 1 aromatic carbocycles. The van der Waals surface area contributed by atoms with Gasteiger partial charge in [-0.05, 0) is 47.3 Å². The Balaban J connectivity index is 2.49. The molecule has 0 aliphatic heterocycles. The van der Waals surface area contributed by atoms with Crippen LogP contribution in [0.3, 0.4) is 0 Å². The molecule has 1 aliphatic rings. The molecule has 19 heavy (non-hydrogen) atoms. The second-order valence-electron chi connectivity index (χ2n) is 4.66. The van der Waals surface area contributed by atoms with Crippen molar-refractivity contribution in [3.8, 4) is 0 Å². The molecule has 0 unspecified atom stereocenters. The van der Waals surface area contributed by atoms with Crippen molar-refractivity contribution in [2.45, 2.75) is 37.1 Å². The zero-order valence-electron chi connectivity index (χ0n) is 10.6. The fourth-order valence-corrected chi connectivity index (χ4v) is 4.49. The molecule has 0 saturated heterocycles. The van der Waals surface area contributed by atoms with E-state index in [1.54, 1.807) is 0 Å². The minimum atomic E-state index is -3.83. The lowest BCUT2D eigenvalue weighted by Crippen LogP contribution is -2.34. The standard InChI is InChI=1S/C12H16BrFN2O2S/c1-2-5-16(9-3-4-9)19(17,18)11-7-8(15)6-10(13)12(11)14/h6-7,9H,2-5,15H2,1H3. The molecular formula is C12H16BrFN2O2S. The molecule has 0 spiro atoms. The van der Waals surface area contributed by atoms with E-state index in [0.717, 1.165) is 12.8 Å². The van der Waals surface area contributed by atoms with E-state index in [-0.39, 0.29) is 21.1 Å². The number of hydrogen-bond acceptors (Lipinski definition) is 3. The van der Waals surface area contributed by atoms with Gasteiger partial charge in [0.2, 0.25) is 10.0 Å². The topological polar surface area (TPSA) is 63.4 Å². The van der Waals surface area contributed by atoms with Crippen LogP contribution in [0, 0.1) is 5.82 Å². The van der Waals surface area contributed by atoms with Crippen LogP contribution in [0.15, 0.2) is 21.5 Å². The molecule has 0 amide bonds. The van der Waals surface area contributed by atoms with E-state index in [1.165, 1.54) is 16.4 Å². The maximum absolute atomic E-state index is 14.1. The fraction of sp³-hybridized carbons (Fsp3) is 0.500. The molecule has 1 aliphatic carbocycles. The summed E-state index contributed by atoms with van der Waals surface area (Å²) < 4.78 is 40.6. The number of benzene rings is 1. The van der Waals surface area contributed by atoms with Gasteiger partial charge in [-0.15, -0.1) is 0 Å². The van der Waals surface area contributed by atoms with Crippen molar-refractivity contribution in [3.05, 3.63) is 22.4 Å². The van der Waals surface area contributed by atoms with Gasteiger partial charge in [-0.25, -0.2) is 12.8 Å². The summed E-state index contributed by atoms with van der Waals surface area (Å²) in [4.78, 5) is -0.347. The van der Waals surface area contributed by atoms with Gasteiger partial charge in [-0.3, -0.25) is 0 Å². The molecule has 2 rings (SSSR count). The molecule has 0 bridgehead atoms. The summed E-state index contributed by atoms with van der Waals surface area (Å²) in [5.74, 6) is -0.782. The number of nitrogens with zero attached hydrogens (tertiary/aromatic N) is 1. The highest BCUT2D eigenvalue weighted by Gasteiger charge is 2.39.